The van der Waals surface area contributed by atoms with Crippen molar-refractivity contribution >= 4 is 6.09 Å². The van der Waals surface area contributed by atoms with Crippen molar-refractivity contribution < 1.29 is 14.6 Å². The number of rotatable bonds is 3. The van der Waals surface area contributed by atoms with Crippen LogP contribution in [0.5, 0.6) is 0 Å². The first kappa shape index (κ1) is 16.8. The minimum atomic E-state index is -0.837. The average Bonchev–Trinajstić information content (AvgIpc) is 2.34. The molecule has 0 aromatic heterocycles. The molecule has 1 aliphatic rings. The van der Waals surface area contributed by atoms with E-state index in [1.54, 1.807) is 4.90 Å². The standard InChI is InChI=1S/C18H27NO3/c1-13(2)15-8-6-14(7-9-15)10-18(21)11-19(12-18)16(20)22-17(3,4)5/h6-9,13,21H,10-12H2,1-5H3. The lowest BCUT2D eigenvalue weighted by Crippen LogP contribution is -2.65. The van der Waals surface area contributed by atoms with Crippen LogP contribution >= 0.6 is 0 Å². The van der Waals surface area contributed by atoms with Crippen LogP contribution in [0.1, 0.15) is 51.7 Å². The maximum Gasteiger partial charge on any atom is 0.410 e. The fourth-order valence-electron chi connectivity index (χ4n) is 2.63. The van der Waals surface area contributed by atoms with Crippen molar-refractivity contribution in [3.63, 3.8) is 0 Å². The summed E-state index contributed by atoms with van der Waals surface area (Å²) in [4.78, 5) is 13.4. The summed E-state index contributed by atoms with van der Waals surface area (Å²) in [5.41, 5.74) is 1.05. The highest BCUT2D eigenvalue weighted by Gasteiger charge is 2.45. The molecule has 4 heteroatoms. The first-order valence-corrected chi connectivity index (χ1v) is 7.87. The molecule has 0 unspecified atom stereocenters. The summed E-state index contributed by atoms with van der Waals surface area (Å²) in [6.45, 7) is 10.5. The minimum Gasteiger partial charge on any atom is -0.444 e. The molecule has 2 rings (SSSR count). The van der Waals surface area contributed by atoms with Crippen molar-refractivity contribution in [2.75, 3.05) is 13.1 Å². The molecule has 4 nitrogen and oxygen atoms in total. The highest BCUT2D eigenvalue weighted by molar-refractivity contribution is 5.69. The molecule has 0 bridgehead atoms. The van der Waals surface area contributed by atoms with Crippen molar-refractivity contribution in [3.05, 3.63) is 35.4 Å². The van der Waals surface area contributed by atoms with Crippen LogP contribution in [0, 0.1) is 0 Å². The van der Waals surface area contributed by atoms with E-state index in [9.17, 15) is 9.90 Å². The highest BCUT2D eigenvalue weighted by atomic mass is 16.6. The Morgan fingerprint density at radius 3 is 2.27 bits per heavy atom. The second-order valence-electron chi connectivity index (χ2n) is 7.63. The third kappa shape index (κ3) is 4.23. The van der Waals surface area contributed by atoms with Crippen LogP contribution in [-0.4, -0.2) is 40.4 Å². The Morgan fingerprint density at radius 2 is 1.82 bits per heavy atom. The lowest BCUT2D eigenvalue weighted by molar-refractivity contribution is -0.0973. The van der Waals surface area contributed by atoms with Crippen LogP contribution in [0.25, 0.3) is 0 Å². The van der Waals surface area contributed by atoms with E-state index in [0.29, 0.717) is 25.4 Å². The molecule has 1 aromatic carbocycles. The molecular formula is C18H27NO3. The van der Waals surface area contributed by atoms with Gasteiger partial charge in [0.25, 0.3) is 0 Å². The summed E-state index contributed by atoms with van der Waals surface area (Å²) < 4.78 is 5.30. The van der Waals surface area contributed by atoms with Crippen molar-refractivity contribution in [1.29, 1.82) is 0 Å². The maximum atomic E-state index is 11.9. The fraction of sp³-hybridized carbons (Fsp3) is 0.611. The second kappa shape index (κ2) is 5.92. The molecule has 1 N–H and O–H groups in total. The van der Waals surface area contributed by atoms with Crippen LogP contribution in [0.3, 0.4) is 0 Å². The molecule has 0 radical (unpaired) electrons. The molecule has 1 amide bonds. The molecule has 1 fully saturated rings. The number of nitrogens with zero attached hydrogens (tertiary/aromatic N) is 1. The van der Waals surface area contributed by atoms with Gasteiger partial charge in [0, 0.05) is 6.42 Å². The van der Waals surface area contributed by atoms with E-state index in [-0.39, 0.29) is 6.09 Å². The minimum absolute atomic E-state index is 0.327. The number of hydrogen-bond donors (Lipinski definition) is 1. The van der Waals surface area contributed by atoms with E-state index >= 15 is 0 Å². The number of hydrogen-bond acceptors (Lipinski definition) is 3. The largest absolute Gasteiger partial charge is 0.444 e. The quantitative estimate of drug-likeness (QED) is 0.932. The predicted octanol–water partition coefficient (Wildman–Crippen LogP) is 3.33. The normalized spacial score (nSPS) is 17.3. The average molecular weight is 305 g/mol. The fourth-order valence-corrected chi connectivity index (χ4v) is 2.63. The van der Waals surface area contributed by atoms with Crippen LogP contribution in [0.2, 0.25) is 0 Å². The highest BCUT2D eigenvalue weighted by Crippen LogP contribution is 2.27. The van der Waals surface area contributed by atoms with Gasteiger partial charge in [0.15, 0.2) is 0 Å². The van der Waals surface area contributed by atoms with Crippen molar-refractivity contribution in [2.24, 2.45) is 0 Å². The van der Waals surface area contributed by atoms with Gasteiger partial charge < -0.3 is 14.7 Å². The summed E-state index contributed by atoms with van der Waals surface area (Å²) in [5.74, 6) is 0.503. The maximum absolute atomic E-state index is 11.9. The number of amides is 1. The Kier molecular flexibility index (Phi) is 4.52. The van der Waals surface area contributed by atoms with Gasteiger partial charge in [-0.3, -0.25) is 0 Å². The van der Waals surface area contributed by atoms with Crippen molar-refractivity contribution in [1.82, 2.24) is 4.90 Å². The lowest BCUT2D eigenvalue weighted by Gasteiger charge is -2.46. The van der Waals surface area contributed by atoms with Gasteiger partial charge in [-0.1, -0.05) is 38.1 Å². The zero-order valence-electron chi connectivity index (χ0n) is 14.2. The number of ether oxygens (including phenoxy) is 1. The van der Waals surface area contributed by atoms with Crippen LogP contribution < -0.4 is 0 Å². The summed E-state index contributed by atoms with van der Waals surface area (Å²) in [6.07, 6.45) is 0.206. The summed E-state index contributed by atoms with van der Waals surface area (Å²) in [7, 11) is 0. The first-order valence-electron chi connectivity index (χ1n) is 7.87. The van der Waals surface area contributed by atoms with Crippen LogP contribution in [0.15, 0.2) is 24.3 Å². The van der Waals surface area contributed by atoms with Gasteiger partial charge >= 0.3 is 6.09 Å². The molecule has 122 valence electrons. The zero-order chi connectivity index (χ0) is 16.5. The second-order valence-corrected chi connectivity index (χ2v) is 7.63. The van der Waals surface area contributed by atoms with E-state index in [4.69, 9.17) is 4.74 Å². The van der Waals surface area contributed by atoms with E-state index < -0.39 is 11.2 Å². The van der Waals surface area contributed by atoms with Gasteiger partial charge in [0.1, 0.15) is 11.2 Å². The molecule has 0 spiro atoms. The molecule has 1 heterocycles. The monoisotopic (exact) mass is 305 g/mol. The lowest BCUT2D eigenvalue weighted by atomic mass is 9.87. The van der Waals surface area contributed by atoms with Crippen LogP contribution in [0.4, 0.5) is 4.79 Å². The molecule has 1 saturated heterocycles. The van der Waals surface area contributed by atoms with Gasteiger partial charge in [0.2, 0.25) is 0 Å². The summed E-state index contributed by atoms with van der Waals surface area (Å²) in [6, 6.07) is 8.33. The first-order chi connectivity index (χ1) is 10.1. The SMILES string of the molecule is CC(C)c1ccc(CC2(O)CN(C(=O)OC(C)(C)C)C2)cc1. The van der Waals surface area contributed by atoms with E-state index in [1.165, 1.54) is 5.56 Å². The van der Waals surface area contributed by atoms with E-state index in [2.05, 4.69) is 38.1 Å². The van der Waals surface area contributed by atoms with Gasteiger partial charge in [-0.25, -0.2) is 4.79 Å². The summed E-state index contributed by atoms with van der Waals surface area (Å²) in [5, 5.41) is 10.5. The molecule has 0 saturated carbocycles. The number of benzene rings is 1. The van der Waals surface area contributed by atoms with E-state index in [0.717, 1.165) is 5.56 Å². The van der Waals surface area contributed by atoms with Gasteiger partial charge in [-0.05, 0) is 37.8 Å². The molecule has 0 aliphatic carbocycles. The topological polar surface area (TPSA) is 49.8 Å². The Bertz CT molecular complexity index is 522. The Balaban J connectivity index is 1.89. The number of carbonyl (C=O) groups is 1. The third-order valence-electron chi connectivity index (χ3n) is 3.80. The molecule has 1 aliphatic heterocycles. The zero-order valence-corrected chi connectivity index (χ0v) is 14.2. The van der Waals surface area contributed by atoms with Crippen molar-refractivity contribution in [2.45, 2.75) is 58.2 Å². The Morgan fingerprint density at radius 1 is 1.27 bits per heavy atom. The van der Waals surface area contributed by atoms with Gasteiger partial charge in [0.05, 0.1) is 13.1 Å². The molecule has 1 aromatic rings. The van der Waals surface area contributed by atoms with Crippen LogP contribution in [-0.2, 0) is 11.2 Å². The van der Waals surface area contributed by atoms with E-state index in [1.807, 2.05) is 20.8 Å². The molecule has 22 heavy (non-hydrogen) atoms. The smallest absolute Gasteiger partial charge is 0.410 e. The third-order valence-corrected chi connectivity index (χ3v) is 3.80. The number of carbonyl (C=O) groups excluding carboxylic acids is 1. The Hall–Kier alpha value is -1.55. The van der Waals surface area contributed by atoms with Crippen molar-refractivity contribution in [3.8, 4) is 0 Å². The van der Waals surface area contributed by atoms with Gasteiger partial charge in [-0.15, -0.1) is 0 Å². The number of likely N-dealkylation sites (tertiary alicyclic amines) is 1. The summed E-state index contributed by atoms with van der Waals surface area (Å²) >= 11 is 0. The number of β-amino-alcohol motifs (C(OH)–C–C–N with tert-alkyl or cyclic N) is 1. The molecule has 0 atom stereocenters. The Labute approximate surface area is 133 Å². The number of aliphatic hydroxyl groups is 1. The predicted molar refractivity (Wildman–Crippen MR) is 87.0 cm³/mol. The van der Waals surface area contributed by atoms with Gasteiger partial charge in [-0.2, -0.15) is 0 Å². The molecular weight excluding hydrogens is 278 g/mol.